The third kappa shape index (κ3) is 2.90. The molecule has 13 heavy (non-hydrogen) atoms. The van der Waals surface area contributed by atoms with Crippen LogP contribution < -0.4 is 0 Å². The molecule has 0 atom stereocenters. The first kappa shape index (κ1) is 10.4. The van der Waals surface area contributed by atoms with E-state index in [2.05, 4.69) is 13.8 Å². The molecule has 1 saturated heterocycles. The number of carbonyl (C=O) groups excluding carboxylic acids is 1. The summed E-state index contributed by atoms with van der Waals surface area (Å²) < 4.78 is 0. The zero-order valence-corrected chi connectivity index (χ0v) is 8.92. The average molecular weight is 184 g/mol. The molecule has 76 valence electrons. The minimum Gasteiger partial charge on any atom is -0.327 e. The lowest BCUT2D eigenvalue weighted by Gasteiger charge is -2.25. The predicted octanol–water partition coefficient (Wildman–Crippen LogP) is 1.79. The van der Waals surface area contributed by atoms with Crippen LogP contribution in [0.15, 0.2) is 0 Å². The molecule has 1 rings (SSSR count). The molecule has 2 amide bonds. The van der Waals surface area contributed by atoms with E-state index in [1.54, 1.807) is 0 Å². The number of nitrogens with zero attached hydrogens (tertiary/aromatic N) is 2. The van der Waals surface area contributed by atoms with Crippen molar-refractivity contribution in [1.82, 2.24) is 9.80 Å². The van der Waals surface area contributed by atoms with E-state index in [-0.39, 0.29) is 6.03 Å². The summed E-state index contributed by atoms with van der Waals surface area (Å²) >= 11 is 0. The summed E-state index contributed by atoms with van der Waals surface area (Å²) in [6.45, 7) is 7.01. The molecule has 0 unspecified atom stereocenters. The van der Waals surface area contributed by atoms with Gasteiger partial charge in [-0.05, 0) is 18.8 Å². The van der Waals surface area contributed by atoms with E-state index in [0.29, 0.717) is 5.92 Å². The third-order valence-corrected chi connectivity index (χ3v) is 2.34. The fourth-order valence-corrected chi connectivity index (χ4v) is 1.78. The minimum atomic E-state index is 0.200. The number of hydrogen-bond donors (Lipinski definition) is 0. The van der Waals surface area contributed by atoms with Gasteiger partial charge in [0.05, 0.1) is 0 Å². The number of amides is 2. The fraction of sp³-hybridized carbons (Fsp3) is 0.900. The highest BCUT2D eigenvalue weighted by atomic mass is 16.2. The average Bonchev–Trinajstić information content (AvgIpc) is 2.53. The van der Waals surface area contributed by atoms with Gasteiger partial charge in [0, 0.05) is 26.7 Å². The Hall–Kier alpha value is -0.730. The first-order valence-electron chi connectivity index (χ1n) is 5.11. The molecule has 1 fully saturated rings. The number of rotatable bonds is 2. The monoisotopic (exact) mass is 184 g/mol. The number of urea groups is 1. The van der Waals surface area contributed by atoms with Crippen LogP contribution in [0.3, 0.4) is 0 Å². The highest BCUT2D eigenvalue weighted by molar-refractivity contribution is 5.74. The van der Waals surface area contributed by atoms with E-state index in [0.717, 1.165) is 19.6 Å². The Balaban J connectivity index is 2.36. The van der Waals surface area contributed by atoms with Crippen LogP contribution in [-0.4, -0.2) is 42.5 Å². The van der Waals surface area contributed by atoms with E-state index >= 15 is 0 Å². The standard InChI is InChI=1S/C10H20N2O/c1-9(2)8-11(3)10(13)12-6-4-5-7-12/h9H,4-8H2,1-3H3. The van der Waals surface area contributed by atoms with Gasteiger partial charge >= 0.3 is 6.03 Å². The summed E-state index contributed by atoms with van der Waals surface area (Å²) in [5.74, 6) is 0.552. The van der Waals surface area contributed by atoms with E-state index in [9.17, 15) is 4.79 Å². The second-order valence-electron chi connectivity index (χ2n) is 4.25. The number of carbonyl (C=O) groups is 1. The van der Waals surface area contributed by atoms with E-state index < -0.39 is 0 Å². The van der Waals surface area contributed by atoms with Crippen LogP contribution in [0.1, 0.15) is 26.7 Å². The quantitative estimate of drug-likeness (QED) is 0.642. The zero-order valence-electron chi connectivity index (χ0n) is 8.92. The van der Waals surface area contributed by atoms with Gasteiger partial charge in [0.1, 0.15) is 0 Å². The maximum Gasteiger partial charge on any atom is 0.319 e. The molecule has 0 aromatic carbocycles. The molecule has 3 nitrogen and oxygen atoms in total. The normalized spacial score (nSPS) is 16.8. The van der Waals surface area contributed by atoms with E-state index in [4.69, 9.17) is 0 Å². The fourth-order valence-electron chi connectivity index (χ4n) is 1.78. The second kappa shape index (κ2) is 4.49. The summed E-state index contributed by atoms with van der Waals surface area (Å²) in [5.41, 5.74) is 0. The first-order chi connectivity index (χ1) is 6.11. The van der Waals surface area contributed by atoms with Gasteiger partial charge in [-0.25, -0.2) is 4.79 Å². The molecule has 0 spiro atoms. The molecular formula is C10H20N2O. The van der Waals surface area contributed by atoms with Crippen molar-refractivity contribution in [2.45, 2.75) is 26.7 Å². The van der Waals surface area contributed by atoms with Gasteiger partial charge in [-0.1, -0.05) is 13.8 Å². The lowest BCUT2D eigenvalue weighted by Crippen LogP contribution is -2.40. The summed E-state index contributed by atoms with van der Waals surface area (Å²) in [6, 6.07) is 0.200. The number of likely N-dealkylation sites (tertiary alicyclic amines) is 1. The molecule has 0 radical (unpaired) electrons. The van der Waals surface area contributed by atoms with Gasteiger partial charge in [0.2, 0.25) is 0 Å². The van der Waals surface area contributed by atoms with E-state index in [1.165, 1.54) is 12.8 Å². The summed E-state index contributed by atoms with van der Waals surface area (Å²) in [4.78, 5) is 15.5. The van der Waals surface area contributed by atoms with Gasteiger partial charge < -0.3 is 9.80 Å². The minimum absolute atomic E-state index is 0.200. The molecule has 1 aliphatic rings. The Kier molecular flexibility index (Phi) is 3.58. The summed E-state index contributed by atoms with van der Waals surface area (Å²) in [7, 11) is 1.89. The van der Waals surface area contributed by atoms with Crippen molar-refractivity contribution >= 4 is 6.03 Å². The van der Waals surface area contributed by atoms with Crippen LogP contribution in [0.2, 0.25) is 0 Å². The molecule has 1 aliphatic heterocycles. The molecule has 0 N–H and O–H groups in total. The maximum absolute atomic E-state index is 11.7. The summed E-state index contributed by atoms with van der Waals surface area (Å²) in [6.07, 6.45) is 2.34. The lowest BCUT2D eigenvalue weighted by atomic mass is 10.2. The summed E-state index contributed by atoms with van der Waals surface area (Å²) in [5, 5.41) is 0. The van der Waals surface area contributed by atoms with Crippen LogP contribution in [0.25, 0.3) is 0 Å². The van der Waals surface area contributed by atoms with Crippen LogP contribution in [0, 0.1) is 5.92 Å². The van der Waals surface area contributed by atoms with Gasteiger partial charge in [-0.2, -0.15) is 0 Å². The van der Waals surface area contributed by atoms with Crippen LogP contribution in [0.5, 0.6) is 0 Å². The van der Waals surface area contributed by atoms with Crippen LogP contribution in [0.4, 0.5) is 4.79 Å². The maximum atomic E-state index is 11.7. The Morgan fingerprint density at radius 1 is 1.38 bits per heavy atom. The molecular weight excluding hydrogens is 164 g/mol. The zero-order chi connectivity index (χ0) is 9.84. The number of hydrogen-bond acceptors (Lipinski definition) is 1. The van der Waals surface area contributed by atoms with Crippen molar-refractivity contribution in [1.29, 1.82) is 0 Å². The van der Waals surface area contributed by atoms with Gasteiger partial charge in [-0.3, -0.25) is 0 Å². The first-order valence-corrected chi connectivity index (χ1v) is 5.11. The van der Waals surface area contributed by atoms with Crippen molar-refractivity contribution in [2.75, 3.05) is 26.7 Å². The molecule has 1 heterocycles. The van der Waals surface area contributed by atoms with Gasteiger partial charge in [0.25, 0.3) is 0 Å². The van der Waals surface area contributed by atoms with Crippen molar-refractivity contribution in [3.8, 4) is 0 Å². The SMILES string of the molecule is CC(C)CN(C)C(=O)N1CCCC1. The highest BCUT2D eigenvalue weighted by Crippen LogP contribution is 2.10. The van der Waals surface area contributed by atoms with Crippen molar-refractivity contribution in [2.24, 2.45) is 5.92 Å². The molecule has 3 heteroatoms. The Morgan fingerprint density at radius 2 is 1.92 bits per heavy atom. The second-order valence-corrected chi connectivity index (χ2v) is 4.25. The Labute approximate surface area is 80.7 Å². The molecule has 0 aromatic rings. The molecule has 0 bridgehead atoms. The van der Waals surface area contributed by atoms with Crippen LogP contribution in [-0.2, 0) is 0 Å². The molecule has 0 saturated carbocycles. The smallest absolute Gasteiger partial charge is 0.319 e. The molecule has 0 aromatic heterocycles. The van der Waals surface area contributed by atoms with Gasteiger partial charge in [-0.15, -0.1) is 0 Å². The molecule has 0 aliphatic carbocycles. The lowest BCUT2D eigenvalue weighted by molar-refractivity contribution is 0.168. The van der Waals surface area contributed by atoms with Crippen molar-refractivity contribution in [3.05, 3.63) is 0 Å². The van der Waals surface area contributed by atoms with Gasteiger partial charge in [0.15, 0.2) is 0 Å². The van der Waals surface area contributed by atoms with Crippen molar-refractivity contribution in [3.63, 3.8) is 0 Å². The van der Waals surface area contributed by atoms with Crippen molar-refractivity contribution < 1.29 is 4.79 Å². The van der Waals surface area contributed by atoms with E-state index in [1.807, 2.05) is 16.8 Å². The highest BCUT2D eigenvalue weighted by Gasteiger charge is 2.21. The third-order valence-electron chi connectivity index (χ3n) is 2.34. The predicted molar refractivity (Wildman–Crippen MR) is 53.7 cm³/mol. The van der Waals surface area contributed by atoms with Crippen LogP contribution >= 0.6 is 0 Å². The Morgan fingerprint density at radius 3 is 2.38 bits per heavy atom. The Bertz CT molecular complexity index is 174. The topological polar surface area (TPSA) is 23.6 Å². The largest absolute Gasteiger partial charge is 0.327 e.